The molecule has 0 amide bonds. The summed E-state index contributed by atoms with van der Waals surface area (Å²) in [5.74, 6) is -0.0822. The molecule has 0 spiro atoms. The molecule has 1 aromatic heterocycles. The maximum absolute atomic E-state index is 11.2. The molecule has 150 valence electrons. The smallest absolute Gasteiger partial charge is 0.543 e. The molecular formula is C24H23ClNNaO3. The van der Waals surface area contributed by atoms with E-state index in [1.165, 1.54) is 6.07 Å². The van der Waals surface area contributed by atoms with Crippen LogP contribution in [-0.4, -0.2) is 17.6 Å². The number of hydrogen-bond acceptors (Lipinski definition) is 4. The van der Waals surface area contributed by atoms with Crippen LogP contribution >= 0.6 is 11.6 Å². The molecule has 0 atom stereocenters. The molecule has 3 aromatic rings. The summed E-state index contributed by atoms with van der Waals surface area (Å²) in [5, 5.41) is 11.8. The molecule has 0 fully saturated rings. The van der Waals surface area contributed by atoms with Crippen LogP contribution in [0.5, 0.6) is 5.75 Å². The molecule has 0 aliphatic heterocycles. The van der Waals surface area contributed by atoms with Gasteiger partial charge in [-0.15, -0.1) is 0 Å². The second-order valence-electron chi connectivity index (χ2n) is 6.88. The molecule has 0 aliphatic carbocycles. The molecule has 0 saturated carbocycles. The van der Waals surface area contributed by atoms with E-state index in [0.717, 1.165) is 35.3 Å². The summed E-state index contributed by atoms with van der Waals surface area (Å²) in [5.41, 5.74) is 2.96. The van der Waals surface area contributed by atoms with Crippen molar-refractivity contribution >= 4 is 17.6 Å². The number of ether oxygens (including phenoxy) is 1. The molecule has 3 rings (SSSR count). The maximum atomic E-state index is 11.2. The molecule has 0 radical (unpaired) electrons. The minimum Gasteiger partial charge on any atom is -0.543 e. The molecule has 1 heterocycles. The van der Waals surface area contributed by atoms with Crippen LogP contribution in [0, 0.1) is 5.92 Å². The number of pyridine rings is 1. The van der Waals surface area contributed by atoms with Crippen molar-refractivity contribution in [3.63, 3.8) is 0 Å². The van der Waals surface area contributed by atoms with Crippen molar-refractivity contribution in [2.24, 2.45) is 5.92 Å². The minimum absolute atomic E-state index is 0. The first-order chi connectivity index (χ1) is 14.0. The number of aromatic nitrogens is 1. The van der Waals surface area contributed by atoms with E-state index >= 15 is 0 Å². The maximum Gasteiger partial charge on any atom is 1.00 e. The van der Waals surface area contributed by atoms with Gasteiger partial charge in [-0.2, -0.15) is 0 Å². The van der Waals surface area contributed by atoms with Crippen molar-refractivity contribution in [1.29, 1.82) is 0 Å². The Morgan fingerprint density at radius 2 is 1.70 bits per heavy atom. The fraction of sp³-hybridized carbons (Fsp3) is 0.250. The first-order valence-corrected chi connectivity index (χ1v) is 10.1. The van der Waals surface area contributed by atoms with Gasteiger partial charge in [0.05, 0.1) is 24.0 Å². The van der Waals surface area contributed by atoms with Crippen molar-refractivity contribution in [2.75, 3.05) is 6.61 Å². The number of carbonyl (C=O) groups is 1. The number of nitrogens with zero attached hydrogens (tertiary/aromatic N) is 1. The fourth-order valence-corrected chi connectivity index (χ4v) is 3.38. The summed E-state index contributed by atoms with van der Waals surface area (Å²) < 4.78 is 6.16. The molecule has 0 N–H and O–H groups in total. The van der Waals surface area contributed by atoms with Gasteiger partial charge < -0.3 is 14.6 Å². The topological polar surface area (TPSA) is 62.2 Å². The van der Waals surface area contributed by atoms with Gasteiger partial charge in [-0.1, -0.05) is 68.6 Å². The Labute approximate surface area is 204 Å². The largest absolute Gasteiger partial charge is 1.00 e. The monoisotopic (exact) mass is 431 g/mol. The third-order valence-corrected chi connectivity index (χ3v) is 5.26. The molecule has 4 nitrogen and oxygen atoms in total. The van der Waals surface area contributed by atoms with Crippen LogP contribution in [0.3, 0.4) is 0 Å². The van der Waals surface area contributed by atoms with E-state index < -0.39 is 5.97 Å². The molecular weight excluding hydrogens is 409 g/mol. The van der Waals surface area contributed by atoms with Crippen molar-refractivity contribution in [3.8, 4) is 28.1 Å². The van der Waals surface area contributed by atoms with Crippen LogP contribution in [-0.2, 0) is 0 Å². The Kier molecular flexibility index (Phi) is 9.37. The minimum atomic E-state index is -1.30. The van der Waals surface area contributed by atoms with Crippen molar-refractivity contribution in [1.82, 2.24) is 4.98 Å². The van der Waals surface area contributed by atoms with E-state index in [2.05, 4.69) is 18.8 Å². The van der Waals surface area contributed by atoms with E-state index in [1.807, 2.05) is 42.5 Å². The Bertz CT molecular complexity index is 1010. The van der Waals surface area contributed by atoms with Crippen LogP contribution in [0.25, 0.3) is 22.4 Å². The predicted octanol–water partition coefficient (Wildman–Crippen LogP) is 2.25. The van der Waals surface area contributed by atoms with Crippen LogP contribution in [0.15, 0.2) is 60.7 Å². The predicted molar refractivity (Wildman–Crippen MR) is 114 cm³/mol. The third-order valence-electron chi connectivity index (χ3n) is 5.02. The number of carbonyl (C=O) groups excluding carboxylic acids is 1. The summed E-state index contributed by atoms with van der Waals surface area (Å²) in [4.78, 5) is 15.5. The van der Waals surface area contributed by atoms with Crippen LogP contribution in [0.4, 0.5) is 0 Å². The zero-order valence-corrected chi connectivity index (χ0v) is 20.3. The first-order valence-electron chi connectivity index (χ1n) is 9.74. The third kappa shape index (κ3) is 5.86. The van der Waals surface area contributed by atoms with Crippen LogP contribution in [0.2, 0.25) is 5.02 Å². The number of rotatable bonds is 8. The second-order valence-corrected chi connectivity index (χ2v) is 7.31. The number of hydrogen-bond donors (Lipinski definition) is 0. The normalized spacial score (nSPS) is 10.5. The van der Waals surface area contributed by atoms with Crippen LogP contribution < -0.4 is 39.4 Å². The van der Waals surface area contributed by atoms with Gasteiger partial charge in [-0.3, -0.25) is 0 Å². The van der Waals surface area contributed by atoms with Crippen molar-refractivity contribution in [2.45, 2.75) is 26.7 Å². The number of aromatic carboxylic acids is 1. The van der Waals surface area contributed by atoms with E-state index in [4.69, 9.17) is 16.3 Å². The number of carboxylic acid groups (broad SMARTS) is 1. The molecule has 2 aromatic carbocycles. The van der Waals surface area contributed by atoms with Crippen molar-refractivity contribution < 1.29 is 44.2 Å². The molecule has 0 saturated heterocycles. The molecule has 0 unspecified atom stereocenters. The number of benzene rings is 2. The summed E-state index contributed by atoms with van der Waals surface area (Å²) in [6, 6.07) is 18.1. The second kappa shape index (κ2) is 11.5. The van der Waals surface area contributed by atoms with Gasteiger partial charge in [-0.25, -0.2) is 4.98 Å². The van der Waals surface area contributed by atoms with Crippen molar-refractivity contribution in [3.05, 3.63) is 71.4 Å². The van der Waals surface area contributed by atoms with E-state index in [0.29, 0.717) is 23.2 Å². The average Bonchev–Trinajstić information content (AvgIpc) is 2.75. The standard InChI is InChI=1S/C24H24ClNO3.Na/c1-3-16(4-2)15-29-23-13-12-17(25)14-20(23)18-8-5-6-9-19(18)21-10-7-11-22(26-21)24(27)28;/h5-14,16H,3-4,15H2,1-2H3,(H,27,28);/q;+1/p-1. The van der Waals surface area contributed by atoms with Gasteiger partial charge in [0.2, 0.25) is 0 Å². The SMILES string of the molecule is CCC(CC)COc1ccc(Cl)cc1-c1ccccc1-c1cccc(C(=O)[O-])n1.[Na+]. The fourth-order valence-electron chi connectivity index (χ4n) is 3.21. The first kappa shape index (κ1) is 24.4. The van der Waals surface area contributed by atoms with Gasteiger partial charge in [0.1, 0.15) is 5.75 Å². The van der Waals surface area contributed by atoms with Gasteiger partial charge >= 0.3 is 29.6 Å². The van der Waals surface area contributed by atoms with Gasteiger partial charge in [0.15, 0.2) is 0 Å². The Morgan fingerprint density at radius 1 is 1.00 bits per heavy atom. The zero-order chi connectivity index (χ0) is 20.8. The zero-order valence-electron chi connectivity index (χ0n) is 17.5. The van der Waals surface area contributed by atoms with Crippen LogP contribution in [0.1, 0.15) is 37.2 Å². The van der Waals surface area contributed by atoms with Gasteiger partial charge in [-0.05, 0) is 41.8 Å². The summed E-state index contributed by atoms with van der Waals surface area (Å²) in [6.07, 6.45) is 2.10. The molecule has 6 heteroatoms. The summed E-state index contributed by atoms with van der Waals surface area (Å²) in [7, 11) is 0. The Hall–Kier alpha value is -1.85. The Balaban J connectivity index is 0.00000320. The number of halogens is 1. The quantitative estimate of drug-likeness (QED) is 0.513. The van der Waals surface area contributed by atoms with Gasteiger partial charge in [0, 0.05) is 16.1 Å². The summed E-state index contributed by atoms with van der Waals surface area (Å²) >= 11 is 6.29. The average molecular weight is 432 g/mol. The van der Waals surface area contributed by atoms with E-state index in [-0.39, 0.29) is 35.3 Å². The Morgan fingerprint density at radius 3 is 2.37 bits per heavy atom. The van der Waals surface area contributed by atoms with E-state index in [9.17, 15) is 9.90 Å². The molecule has 0 bridgehead atoms. The molecule has 0 aliphatic rings. The number of carboxylic acids is 1. The molecule has 30 heavy (non-hydrogen) atoms. The van der Waals surface area contributed by atoms with Gasteiger partial charge in [0.25, 0.3) is 0 Å². The summed E-state index contributed by atoms with van der Waals surface area (Å²) in [6.45, 7) is 4.94. The van der Waals surface area contributed by atoms with E-state index in [1.54, 1.807) is 12.1 Å².